The number of aryl methyl sites for hydroxylation is 2. The minimum Gasteiger partial charge on any atom is -0.497 e. The molecule has 0 radical (unpaired) electrons. The van der Waals surface area contributed by atoms with Crippen LogP contribution in [-0.4, -0.2) is 18.9 Å². The summed E-state index contributed by atoms with van der Waals surface area (Å²) < 4.78 is 5.14. The molecule has 160 valence electrons. The Morgan fingerprint density at radius 3 is 2.42 bits per heavy atom. The molecule has 0 aliphatic carbocycles. The van der Waals surface area contributed by atoms with Crippen molar-refractivity contribution < 1.29 is 14.3 Å². The van der Waals surface area contributed by atoms with Crippen molar-refractivity contribution in [2.24, 2.45) is 0 Å². The Hall–Kier alpha value is -3.38. The molecule has 0 aliphatic heterocycles. The van der Waals surface area contributed by atoms with Gasteiger partial charge in [-0.05, 0) is 73.7 Å². The molecule has 0 saturated heterocycles. The number of hydrogen-bond acceptors (Lipinski definition) is 4. The van der Waals surface area contributed by atoms with E-state index in [4.69, 9.17) is 4.74 Å². The molecule has 0 bridgehead atoms. The lowest BCUT2D eigenvalue weighted by molar-refractivity contribution is -0.118. The Morgan fingerprint density at radius 1 is 1.06 bits per heavy atom. The van der Waals surface area contributed by atoms with Crippen LogP contribution in [-0.2, 0) is 4.79 Å². The third kappa shape index (κ3) is 5.83. The summed E-state index contributed by atoms with van der Waals surface area (Å²) in [6.45, 7) is 6.00. The molecule has 5 nitrogen and oxygen atoms in total. The van der Waals surface area contributed by atoms with Crippen molar-refractivity contribution in [3.05, 3.63) is 92.8 Å². The van der Waals surface area contributed by atoms with Gasteiger partial charge >= 0.3 is 0 Å². The first-order valence-corrected chi connectivity index (χ1v) is 10.8. The summed E-state index contributed by atoms with van der Waals surface area (Å²) in [7, 11) is 1.57. The van der Waals surface area contributed by atoms with Gasteiger partial charge in [0, 0.05) is 10.4 Å². The molecule has 1 atom stereocenters. The second-order valence-corrected chi connectivity index (χ2v) is 8.29. The average molecular weight is 435 g/mol. The van der Waals surface area contributed by atoms with Crippen LogP contribution in [0, 0.1) is 13.8 Å². The van der Waals surface area contributed by atoms with Gasteiger partial charge in [-0.1, -0.05) is 29.8 Å². The second kappa shape index (κ2) is 10.1. The van der Waals surface area contributed by atoms with E-state index < -0.39 is 0 Å². The summed E-state index contributed by atoms with van der Waals surface area (Å²) in [4.78, 5) is 26.7. The Morgan fingerprint density at radius 2 is 1.81 bits per heavy atom. The zero-order valence-electron chi connectivity index (χ0n) is 18.1. The maximum Gasteiger partial charge on any atom is 0.268 e. The predicted octanol–water partition coefficient (Wildman–Crippen LogP) is 5.02. The lowest BCUT2D eigenvalue weighted by atomic mass is 10.0. The molecule has 0 fully saturated rings. The highest BCUT2D eigenvalue weighted by molar-refractivity contribution is 7.10. The average Bonchev–Trinajstić information content (AvgIpc) is 3.26. The lowest BCUT2D eigenvalue weighted by Gasteiger charge is -2.19. The summed E-state index contributed by atoms with van der Waals surface area (Å²) in [5.41, 5.74) is 3.95. The first kappa shape index (κ1) is 22.3. The number of rotatable bonds is 7. The van der Waals surface area contributed by atoms with Crippen LogP contribution >= 0.6 is 11.3 Å². The van der Waals surface area contributed by atoms with Crippen molar-refractivity contribution in [2.45, 2.75) is 26.8 Å². The van der Waals surface area contributed by atoms with E-state index >= 15 is 0 Å². The van der Waals surface area contributed by atoms with Crippen LogP contribution in [0.4, 0.5) is 0 Å². The molecule has 0 unspecified atom stereocenters. The Labute approximate surface area is 186 Å². The van der Waals surface area contributed by atoms with Gasteiger partial charge in [0.1, 0.15) is 11.4 Å². The van der Waals surface area contributed by atoms with Crippen molar-refractivity contribution >= 4 is 29.2 Å². The number of methoxy groups -OCH3 is 1. The number of carbonyl (C=O) groups is 2. The smallest absolute Gasteiger partial charge is 0.268 e. The van der Waals surface area contributed by atoms with Crippen molar-refractivity contribution in [3.8, 4) is 5.75 Å². The Balaban J connectivity index is 1.81. The van der Waals surface area contributed by atoms with Crippen LogP contribution in [0.25, 0.3) is 6.08 Å². The fourth-order valence-electron chi connectivity index (χ4n) is 3.27. The zero-order chi connectivity index (χ0) is 22.4. The molecular weight excluding hydrogens is 408 g/mol. The van der Waals surface area contributed by atoms with Gasteiger partial charge < -0.3 is 15.4 Å². The van der Waals surface area contributed by atoms with Crippen molar-refractivity contribution in [1.29, 1.82) is 0 Å². The summed E-state index contributed by atoms with van der Waals surface area (Å²) in [5.74, 6) is -0.0477. The number of hydrogen-bond donors (Lipinski definition) is 2. The number of nitrogens with one attached hydrogen (secondary N) is 2. The van der Waals surface area contributed by atoms with Crippen LogP contribution in [0.5, 0.6) is 5.75 Å². The summed E-state index contributed by atoms with van der Waals surface area (Å²) in [6.07, 6.45) is 1.69. The molecule has 2 N–H and O–H groups in total. The first-order chi connectivity index (χ1) is 14.9. The number of thiophene rings is 1. The minimum atomic E-state index is -0.361. The van der Waals surface area contributed by atoms with Crippen LogP contribution in [0.2, 0.25) is 0 Å². The highest BCUT2D eigenvalue weighted by Crippen LogP contribution is 2.20. The standard InChI is InChI=1S/C25H26N2O3S/c1-16-7-12-22(17(2)14-16)18(3)26-25(29)23(15-21-6-5-13-31-21)27-24(28)19-8-10-20(30-4)11-9-19/h5-15,18H,1-4H3,(H,26,29)(H,27,28)/b23-15-/t18-/m1/s1. The van der Waals surface area contributed by atoms with Crippen molar-refractivity contribution in [3.63, 3.8) is 0 Å². The van der Waals surface area contributed by atoms with E-state index in [0.29, 0.717) is 11.3 Å². The topological polar surface area (TPSA) is 67.4 Å². The van der Waals surface area contributed by atoms with Crippen molar-refractivity contribution in [1.82, 2.24) is 10.6 Å². The molecule has 1 heterocycles. The lowest BCUT2D eigenvalue weighted by Crippen LogP contribution is -2.36. The third-order valence-corrected chi connectivity index (χ3v) is 5.73. The van der Waals surface area contributed by atoms with E-state index in [9.17, 15) is 9.59 Å². The Kier molecular flexibility index (Phi) is 7.26. The molecule has 3 rings (SSSR count). The summed E-state index contributed by atoms with van der Waals surface area (Å²) in [6, 6.07) is 16.5. The van der Waals surface area contributed by atoms with Gasteiger partial charge in [0.2, 0.25) is 0 Å². The van der Waals surface area contributed by atoms with Crippen LogP contribution in [0.15, 0.2) is 65.7 Å². The summed E-state index contributed by atoms with van der Waals surface area (Å²) >= 11 is 1.49. The highest BCUT2D eigenvalue weighted by Gasteiger charge is 2.18. The molecule has 0 spiro atoms. The monoisotopic (exact) mass is 434 g/mol. The molecular formula is C25H26N2O3S. The van der Waals surface area contributed by atoms with Crippen molar-refractivity contribution in [2.75, 3.05) is 7.11 Å². The molecule has 6 heteroatoms. The maximum atomic E-state index is 13.1. The molecule has 0 aliphatic rings. The molecule has 31 heavy (non-hydrogen) atoms. The van der Waals surface area contributed by atoms with Gasteiger partial charge in [-0.15, -0.1) is 11.3 Å². The van der Waals surface area contributed by atoms with E-state index in [1.165, 1.54) is 16.9 Å². The fraction of sp³-hybridized carbons (Fsp3) is 0.200. The number of carbonyl (C=O) groups excluding carboxylic acids is 2. The van der Waals surface area contributed by atoms with Gasteiger partial charge in [-0.3, -0.25) is 9.59 Å². The molecule has 1 aromatic heterocycles. The van der Waals surface area contributed by atoms with Crippen LogP contribution < -0.4 is 15.4 Å². The third-order valence-electron chi connectivity index (χ3n) is 4.91. The number of amides is 2. The van der Waals surface area contributed by atoms with Crippen LogP contribution in [0.1, 0.15) is 44.9 Å². The maximum absolute atomic E-state index is 13.1. The van der Waals surface area contributed by atoms with E-state index in [1.807, 2.05) is 50.4 Å². The number of ether oxygens (including phenoxy) is 1. The molecule has 2 aromatic carbocycles. The quantitative estimate of drug-likeness (QED) is 0.513. The van der Waals surface area contributed by atoms with Gasteiger partial charge in [-0.25, -0.2) is 0 Å². The highest BCUT2D eigenvalue weighted by atomic mass is 32.1. The van der Waals surface area contributed by atoms with E-state index in [1.54, 1.807) is 37.5 Å². The Bertz CT molecular complexity index is 1090. The zero-order valence-corrected chi connectivity index (χ0v) is 18.9. The second-order valence-electron chi connectivity index (χ2n) is 7.31. The SMILES string of the molecule is COc1ccc(C(=O)N/C(=C\c2cccs2)C(=O)N[C@H](C)c2ccc(C)cc2C)cc1. The van der Waals surface area contributed by atoms with E-state index in [0.717, 1.165) is 16.0 Å². The normalized spacial score (nSPS) is 12.2. The molecule has 3 aromatic rings. The van der Waals surface area contributed by atoms with Gasteiger partial charge in [0.15, 0.2) is 0 Å². The molecule has 2 amide bonds. The number of benzene rings is 2. The largest absolute Gasteiger partial charge is 0.497 e. The van der Waals surface area contributed by atoms with E-state index in [-0.39, 0.29) is 23.6 Å². The van der Waals surface area contributed by atoms with E-state index in [2.05, 4.69) is 16.7 Å². The first-order valence-electron chi connectivity index (χ1n) is 9.96. The fourth-order valence-corrected chi connectivity index (χ4v) is 3.93. The predicted molar refractivity (Wildman–Crippen MR) is 125 cm³/mol. The van der Waals surface area contributed by atoms with Crippen LogP contribution in [0.3, 0.4) is 0 Å². The minimum absolute atomic E-state index is 0.194. The van der Waals surface area contributed by atoms with Gasteiger partial charge in [0.05, 0.1) is 13.2 Å². The molecule has 0 saturated carbocycles. The van der Waals surface area contributed by atoms with Gasteiger partial charge in [-0.2, -0.15) is 0 Å². The summed E-state index contributed by atoms with van der Waals surface area (Å²) in [5, 5.41) is 7.69. The van der Waals surface area contributed by atoms with Gasteiger partial charge in [0.25, 0.3) is 11.8 Å².